The van der Waals surface area contributed by atoms with Crippen LogP contribution in [0.1, 0.15) is 16.1 Å². The van der Waals surface area contributed by atoms with E-state index in [9.17, 15) is 4.79 Å². The molecule has 6 nitrogen and oxygen atoms in total. The van der Waals surface area contributed by atoms with Crippen LogP contribution in [0.15, 0.2) is 36.4 Å². The molecule has 0 aliphatic carbocycles. The summed E-state index contributed by atoms with van der Waals surface area (Å²) >= 11 is 0. The van der Waals surface area contributed by atoms with Crippen molar-refractivity contribution in [3.63, 3.8) is 0 Å². The molecule has 19 heavy (non-hydrogen) atoms. The van der Waals surface area contributed by atoms with Crippen molar-refractivity contribution >= 4 is 11.7 Å². The third-order valence-electron chi connectivity index (χ3n) is 2.43. The molecule has 1 heterocycles. The number of aromatic nitrogens is 1. The zero-order valence-electron chi connectivity index (χ0n) is 9.91. The van der Waals surface area contributed by atoms with E-state index >= 15 is 0 Å². The van der Waals surface area contributed by atoms with Crippen LogP contribution in [-0.4, -0.2) is 21.2 Å². The van der Waals surface area contributed by atoms with E-state index in [4.69, 9.17) is 20.7 Å². The van der Waals surface area contributed by atoms with E-state index < -0.39 is 5.97 Å². The van der Waals surface area contributed by atoms with Gasteiger partial charge in [0.15, 0.2) is 5.69 Å². The highest BCUT2D eigenvalue weighted by Crippen LogP contribution is 2.25. The second-order valence-corrected chi connectivity index (χ2v) is 3.80. The quantitative estimate of drug-likeness (QED) is 0.771. The predicted octanol–water partition coefficient (Wildman–Crippen LogP) is 1.65. The fourth-order valence-corrected chi connectivity index (χ4v) is 1.43. The van der Waals surface area contributed by atoms with E-state index in [0.29, 0.717) is 5.75 Å². The minimum atomic E-state index is -1.15. The van der Waals surface area contributed by atoms with Gasteiger partial charge in [0.25, 0.3) is 0 Å². The Morgan fingerprint density at radius 3 is 2.47 bits per heavy atom. The van der Waals surface area contributed by atoms with Gasteiger partial charge in [-0.05, 0) is 29.8 Å². The Morgan fingerprint density at radius 1 is 1.21 bits per heavy atom. The fourth-order valence-electron chi connectivity index (χ4n) is 1.43. The minimum Gasteiger partial charge on any atom is -0.477 e. The monoisotopic (exact) mass is 260 g/mol. The Kier molecular flexibility index (Phi) is 3.63. The van der Waals surface area contributed by atoms with Gasteiger partial charge in [-0.3, -0.25) is 0 Å². The highest BCUT2D eigenvalue weighted by Gasteiger charge is 2.10. The van der Waals surface area contributed by atoms with Crippen LogP contribution in [0, 0.1) is 0 Å². The van der Waals surface area contributed by atoms with Gasteiger partial charge in [-0.15, -0.1) is 0 Å². The molecule has 0 aliphatic heterocycles. The minimum absolute atomic E-state index is 0.0386. The summed E-state index contributed by atoms with van der Waals surface area (Å²) in [6, 6.07) is 9.38. The Hall–Kier alpha value is -2.60. The summed E-state index contributed by atoms with van der Waals surface area (Å²) in [7, 11) is 0. The summed E-state index contributed by atoms with van der Waals surface area (Å²) in [6.07, 6.45) is 0. The van der Waals surface area contributed by atoms with Crippen molar-refractivity contribution in [2.45, 2.75) is 6.61 Å². The summed E-state index contributed by atoms with van der Waals surface area (Å²) in [5, 5.41) is 17.8. The molecule has 2 aromatic rings. The molecule has 0 bridgehead atoms. The average Bonchev–Trinajstić information content (AvgIpc) is 2.42. The Bertz CT molecular complexity index is 596. The van der Waals surface area contributed by atoms with Crippen LogP contribution < -0.4 is 10.5 Å². The lowest BCUT2D eigenvalue weighted by Crippen LogP contribution is -2.03. The number of rotatable bonds is 4. The first kappa shape index (κ1) is 12.8. The Balaban J connectivity index is 2.26. The smallest absolute Gasteiger partial charge is 0.354 e. The van der Waals surface area contributed by atoms with Gasteiger partial charge in [0, 0.05) is 0 Å². The number of carboxylic acid groups (broad SMARTS) is 1. The zero-order chi connectivity index (χ0) is 13.8. The van der Waals surface area contributed by atoms with Crippen molar-refractivity contribution in [1.82, 2.24) is 4.98 Å². The number of aliphatic hydroxyl groups excluding tert-OH is 1. The van der Waals surface area contributed by atoms with Crippen molar-refractivity contribution in [2.24, 2.45) is 0 Å². The molecule has 4 N–H and O–H groups in total. The van der Waals surface area contributed by atoms with Gasteiger partial charge in [-0.1, -0.05) is 12.1 Å². The lowest BCUT2D eigenvalue weighted by molar-refractivity contribution is 0.0689. The molecule has 2 rings (SSSR count). The average molecular weight is 260 g/mol. The lowest BCUT2D eigenvalue weighted by atomic mass is 10.2. The first-order valence-corrected chi connectivity index (χ1v) is 5.47. The fraction of sp³-hybridized carbons (Fsp3) is 0.0769. The number of aromatic carboxylic acids is 1. The van der Waals surface area contributed by atoms with E-state index in [1.165, 1.54) is 12.1 Å². The van der Waals surface area contributed by atoms with E-state index in [0.717, 1.165) is 5.56 Å². The highest BCUT2D eigenvalue weighted by atomic mass is 16.5. The number of carboxylic acids is 1. The number of carbonyl (C=O) groups is 1. The van der Waals surface area contributed by atoms with Crippen LogP contribution in [-0.2, 0) is 6.61 Å². The molecule has 0 amide bonds. The molecule has 0 fully saturated rings. The van der Waals surface area contributed by atoms with Crippen molar-refractivity contribution in [1.29, 1.82) is 0 Å². The van der Waals surface area contributed by atoms with E-state index in [-0.39, 0.29) is 23.9 Å². The topological polar surface area (TPSA) is 106 Å². The van der Waals surface area contributed by atoms with Gasteiger partial charge in [-0.25, -0.2) is 9.78 Å². The maximum Gasteiger partial charge on any atom is 0.354 e. The molecule has 0 saturated carbocycles. The summed E-state index contributed by atoms with van der Waals surface area (Å²) in [4.78, 5) is 14.6. The van der Waals surface area contributed by atoms with Crippen LogP contribution in [0.25, 0.3) is 0 Å². The summed E-state index contributed by atoms with van der Waals surface area (Å²) in [6.45, 7) is -0.0603. The van der Waals surface area contributed by atoms with E-state index in [1.807, 2.05) is 0 Å². The zero-order valence-corrected chi connectivity index (χ0v) is 9.91. The van der Waals surface area contributed by atoms with Gasteiger partial charge in [0.05, 0.1) is 12.3 Å². The van der Waals surface area contributed by atoms with Crippen LogP contribution in [0.4, 0.5) is 5.69 Å². The van der Waals surface area contributed by atoms with Gasteiger partial charge in [0.1, 0.15) is 5.75 Å². The van der Waals surface area contributed by atoms with Crippen molar-refractivity contribution in [3.8, 4) is 11.6 Å². The molecule has 1 aromatic heterocycles. The maximum absolute atomic E-state index is 10.8. The molecule has 1 aromatic carbocycles. The van der Waals surface area contributed by atoms with Crippen LogP contribution in [0.2, 0.25) is 0 Å². The molecule has 6 heteroatoms. The molecule has 0 radical (unpaired) electrons. The molecular weight excluding hydrogens is 248 g/mol. The van der Waals surface area contributed by atoms with Crippen molar-refractivity contribution < 1.29 is 19.7 Å². The SMILES string of the molecule is Nc1ccc(C(=O)O)nc1Oc1ccc(CO)cc1. The van der Waals surface area contributed by atoms with Gasteiger partial charge < -0.3 is 20.7 Å². The van der Waals surface area contributed by atoms with Crippen molar-refractivity contribution in [2.75, 3.05) is 5.73 Å². The summed E-state index contributed by atoms with van der Waals surface area (Å²) < 4.78 is 5.42. The normalized spacial score (nSPS) is 10.2. The molecule has 0 saturated heterocycles. The number of benzene rings is 1. The summed E-state index contributed by atoms with van der Waals surface area (Å²) in [5.74, 6) is -0.656. The molecule has 0 spiro atoms. The highest BCUT2D eigenvalue weighted by molar-refractivity contribution is 5.86. The van der Waals surface area contributed by atoms with Crippen LogP contribution in [0.5, 0.6) is 11.6 Å². The lowest BCUT2D eigenvalue weighted by Gasteiger charge is -2.08. The van der Waals surface area contributed by atoms with Gasteiger partial charge in [-0.2, -0.15) is 0 Å². The van der Waals surface area contributed by atoms with E-state index in [1.54, 1.807) is 24.3 Å². The maximum atomic E-state index is 10.8. The van der Waals surface area contributed by atoms with Gasteiger partial charge >= 0.3 is 5.97 Å². The third-order valence-corrected chi connectivity index (χ3v) is 2.43. The predicted molar refractivity (Wildman–Crippen MR) is 68.0 cm³/mol. The Labute approximate surface area is 109 Å². The molecule has 98 valence electrons. The second kappa shape index (κ2) is 5.36. The number of nitrogen functional groups attached to an aromatic ring is 1. The first-order chi connectivity index (χ1) is 9.10. The number of aliphatic hydroxyl groups is 1. The number of ether oxygens (including phenoxy) is 1. The van der Waals surface area contributed by atoms with Crippen LogP contribution >= 0.6 is 0 Å². The molecule has 0 unspecified atom stereocenters. The van der Waals surface area contributed by atoms with Crippen LogP contribution in [0.3, 0.4) is 0 Å². The molecule has 0 atom stereocenters. The van der Waals surface area contributed by atoms with Gasteiger partial charge in [0.2, 0.25) is 5.88 Å². The number of hydrogen-bond acceptors (Lipinski definition) is 5. The third kappa shape index (κ3) is 2.99. The second-order valence-electron chi connectivity index (χ2n) is 3.80. The standard InChI is InChI=1S/C13H12N2O4/c14-10-5-6-11(13(17)18)15-12(10)19-9-3-1-8(7-16)2-4-9/h1-6,16H,7,14H2,(H,17,18). The number of nitrogens with zero attached hydrogens (tertiary/aromatic N) is 1. The number of anilines is 1. The van der Waals surface area contributed by atoms with Crippen molar-refractivity contribution in [3.05, 3.63) is 47.7 Å². The molecular formula is C13H12N2O4. The number of pyridine rings is 1. The molecule has 0 aliphatic rings. The first-order valence-electron chi connectivity index (χ1n) is 5.47. The number of nitrogens with two attached hydrogens (primary N) is 1. The van der Waals surface area contributed by atoms with E-state index in [2.05, 4.69) is 4.98 Å². The Morgan fingerprint density at radius 2 is 1.89 bits per heavy atom. The largest absolute Gasteiger partial charge is 0.477 e. The summed E-state index contributed by atoms with van der Waals surface area (Å²) in [5.41, 5.74) is 6.52. The number of hydrogen-bond donors (Lipinski definition) is 3.